The van der Waals surface area contributed by atoms with Crippen molar-refractivity contribution in [3.05, 3.63) is 65.5 Å². The molecular formula is C15H16FNO. The highest BCUT2D eigenvalue weighted by molar-refractivity contribution is 5.29. The molecule has 3 heteroatoms. The Hall–Kier alpha value is -1.87. The van der Waals surface area contributed by atoms with Crippen LogP contribution in [0.4, 0.5) is 4.39 Å². The Morgan fingerprint density at radius 2 is 1.89 bits per heavy atom. The second kappa shape index (κ2) is 5.65. The first-order valence-electron chi connectivity index (χ1n) is 5.83. The van der Waals surface area contributed by atoms with Gasteiger partial charge in [-0.05, 0) is 41.8 Å². The second-order valence-electron chi connectivity index (χ2n) is 4.21. The van der Waals surface area contributed by atoms with Crippen LogP contribution in [0, 0.1) is 5.82 Å². The molecule has 0 amide bonds. The van der Waals surface area contributed by atoms with Gasteiger partial charge >= 0.3 is 0 Å². The van der Waals surface area contributed by atoms with Crippen LogP contribution in [-0.2, 0) is 6.42 Å². The van der Waals surface area contributed by atoms with Gasteiger partial charge in [-0.3, -0.25) is 0 Å². The molecule has 0 saturated carbocycles. The molecule has 2 aromatic carbocycles. The highest BCUT2D eigenvalue weighted by Crippen LogP contribution is 2.19. The van der Waals surface area contributed by atoms with Crippen molar-refractivity contribution in [2.24, 2.45) is 5.73 Å². The van der Waals surface area contributed by atoms with Gasteiger partial charge in [0.1, 0.15) is 11.6 Å². The Kier molecular flexibility index (Phi) is 3.95. The van der Waals surface area contributed by atoms with Gasteiger partial charge in [-0.2, -0.15) is 0 Å². The van der Waals surface area contributed by atoms with E-state index in [1.807, 2.05) is 30.3 Å². The maximum absolute atomic E-state index is 13.1. The summed E-state index contributed by atoms with van der Waals surface area (Å²) in [4.78, 5) is 0. The molecule has 0 radical (unpaired) electrons. The molecule has 2 rings (SSSR count). The summed E-state index contributed by atoms with van der Waals surface area (Å²) in [5.74, 6) is 0.566. The summed E-state index contributed by atoms with van der Waals surface area (Å²) in [5.41, 5.74) is 7.98. The lowest BCUT2D eigenvalue weighted by Gasteiger charge is -2.12. The number of benzene rings is 2. The number of nitrogens with two attached hydrogens (primary N) is 1. The van der Waals surface area contributed by atoms with Crippen molar-refractivity contribution < 1.29 is 9.13 Å². The minimum atomic E-state index is -0.252. The van der Waals surface area contributed by atoms with Crippen molar-refractivity contribution in [2.75, 3.05) is 7.11 Å². The van der Waals surface area contributed by atoms with Crippen molar-refractivity contribution in [1.29, 1.82) is 0 Å². The summed E-state index contributed by atoms with van der Waals surface area (Å²) in [5, 5.41) is 0. The van der Waals surface area contributed by atoms with E-state index in [0.717, 1.165) is 16.9 Å². The van der Waals surface area contributed by atoms with Crippen LogP contribution < -0.4 is 10.5 Å². The van der Waals surface area contributed by atoms with Crippen LogP contribution in [0.2, 0.25) is 0 Å². The largest absolute Gasteiger partial charge is 0.497 e. The summed E-state index contributed by atoms with van der Waals surface area (Å²) in [7, 11) is 1.63. The van der Waals surface area contributed by atoms with Crippen LogP contribution in [0.3, 0.4) is 0 Å². The van der Waals surface area contributed by atoms with E-state index in [9.17, 15) is 4.39 Å². The lowest BCUT2D eigenvalue weighted by Crippen LogP contribution is -2.13. The van der Waals surface area contributed by atoms with E-state index >= 15 is 0 Å². The van der Waals surface area contributed by atoms with Crippen molar-refractivity contribution in [2.45, 2.75) is 12.5 Å². The van der Waals surface area contributed by atoms with Crippen LogP contribution >= 0.6 is 0 Å². The molecule has 0 aliphatic rings. The molecule has 1 atom stereocenters. The third kappa shape index (κ3) is 3.08. The van der Waals surface area contributed by atoms with Crippen LogP contribution in [-0.4, -0.2) is 7.11 Å². The molecule has 0 aliphatic carbocycles. The van der Waals surface area contributed by atoms with Crippen LogP contribution in [0.5, 0.6) is 5.75 Å². The third-order valence-corrected chi connectivity index (χ3v) is 2.89. The number of ether oxygens (including phenoxy) is 1. The number of hydrogen-bond donors (Lipinski definition) is 1. The standard InChI is InChI=1S/C15H16FNO/c1-18-14-7-5-11(6-8-14)9-15(17)12-3-2-4-13(16)10-12/h2-8,10,15H,9,17H2,1H3. The molecule has 2 N–H and O–H groups in total. The monoisotopic (exact) mass is 245 g/mol. The zero-order valence-electron chi connectivity index (χ0n) is 10.3. The van der Waals surface area contributed by atoms with Crippen LogP contribution in [0.25, 0.3) is 0 Å². The SMILES string of the molecule is COc1ccc(CC(N)c2cccc(F)c2)cc1. The Bertz CT molecular complexity index is 510. The maximum Gasteiger partial charge on any atom is 0.123 e. The van der Waals surface area contributed by atoms with Crippen LogP contribution in [0.15, 0.2) is 48.5 Å². The van der Waals surface area contributed by atoms with E-state index in [4.69, 9.17) is 10.5 Å². The highest BCUT2D eigenvalue weighted by Gasteiger charge is 2.08. The van der Waals surface area contributed by atoms with Gasteiger partial charge in [0.15, 0.2) is 0 Å². The first kappa shape index (κ1) is 12.6. The Morgan fingerprint density at radius 1 is 1.17 bits per heavy atom. The van der Waals surface area contributed by atoms with Gasteiger partial charge in [-0.15, -0.1) is 0 Å². The molecule has 0 aromatic heterocycles. The number of halogens is 1. The van der Waals surface area contributed by atoms with E-state index < -0.39 is 0 Å². The Morgan fingerprint density at radius 3 is 2.50 bits per heavy atom. The van der Waals surface area contributed by atoms with Gasteiger partial charge in [0.2, 0.25) is 0 Å². The fourth-order valence-corrected chi connectivity index (χ4v) is 1.87. The number of hydrogen-bond acceptors (Lipinski definition) is 2. The average Bonchev–Trinajstić information content (AvgIpc) is 2.39. The van der Waals surface area contributed by atoms with E-state index in [1.165, 1.54) is 12.1 Å². The third-order valence-electron chi connectivity index (χ3n) is 2.89. The predicted octanol–water partition coefficient (Wildman–Crippen LogP) is 3.08. The molecule has 0 heterocycles. The van der Waals surface area contributed by atoms with E-state index in [2.05, 4.69) is 0 Å². The topological polar surface area (TPSA) is 35.2 Å². The quantitative estimate of drug-likeness (QED) is 0.898. The zero-order valence-corrected chi connectivity index (χ0v) is 10.3. The van der Waals surface area contributed by atoms with E-state index in [1.54, 1.807) is 13.2 Å². The van der Waals surface area contributed by atoms with E-state index in [-0.39, 0.29) is 11.9 Å². The molecule has 0 spiro atoms. The molecule has 18 heavy (non-hydrogen) atoms. The van der Waals surface area contributed by atoms with Crippen molar-refractivity contribution in [1.82, 2.24) is 0 Å². The van der Waals surface area contributed by atoms with E-state index in [0.29, 0.717) is 6.42 Å². The summed E-state index contributed by atoms with van der Waals surface area (Å²) in [6.45, 7) is 0. The summed E-state index contributed by atoms with van der Waals surface area (Å²) < 4.78 is 18.2. The van der Waals surface area contributed by atoms with Gasteiger partial charge in [-0.25, -0.2) is 4.39 Å². The van der Waals surface area contributed by atoms with Gasteiger partial charge in [0.25, 0.3) is 0 Å². The van der Waals surface area contributed by atoms with Crippen molar-refractivity contribution in [3.8, 4) is 5.75 Å². The first-order valence-corrected chi connectivity index (χ1v) is 5.83. The Labute approximate surface area is 106 Å². The molecule has 2 nitrogen and oxygen atoms in total. The maximum atomic E-state index is 13.1. The first-order chi connectivity index (χ1) is 8.69. The smallest absolute Gasteiger partial charge is 0.123 e. The summed E-state index contributed by atoms with van der Waals surface area (Å²) >= 11 is 0. The molecule has 1 unspecified atom stereocenters. The minimum Gasteiger partial charge on any atom is -0.497 e. The Balaban J connectivity index is 2.08. The lowest BCUT2D eigenvalue weighted by molar-refractivity contribution is 0.414. The fourth-order valence-electron chi connectivity index (χ4n) is 1.87. The molecule has 94 valence electrons. The van der Waals surface area contributed by atoms with Crippen molar-refractivity contribution >= 4 is 0 Å². The molecular weight excluding hydrogens is 229 g/mol. The lowest BCUT2D eigenvalue weighted by atomic mass is 9.99. The number of rotatable bonds is 4. The highest BCUT2D eigenvalue weighted by atomic mass is 19.1. The van der Waals surface area contributed by atoms with Gasteiger partial charge in [0, 0.05) is 6.04 Å². The number of methoxy groups -OCH3 is 1. The molecule has 0 aliphatic heterocycles. The van der Waals surface area contributed by atoms with Gasteiger partial charge < -0.3 is 10.5 Å². The van der Waals surface area contributed by atoms with Gasteiger partial charge in [-0.1, -0.05) is 24.3 Å². The summed E-state index contributed by atoms with van der Waals surface area (Å²) in [6, 6.07) is 14.0. The zero-order chi connectivity index (χ0) is 13.0. The van der Waals surface area contributed by atoms with Crippen LogP contribution in [0.1, 0.15) is 17.2 Å². The molecule has 2 aromatic rings. The molecule has 0 fully saturated rings. The minimum absolute atomic E-state index is 0.200. The summed E-state index contributed by atoms with van der Waals surface area (Å²) in [6.07, 6.45) is 0.674. The molecule has 0 saturated heterocycles. The molecule has 0 bridgehead atoms. The normalized spacial score (nSPS) is 12.2. The average molecular weight is 245 g/mol. The van der Waals surface area contributed by atoms with Crippen molar-refractivity contribution in [3.63, 3.8) is 0 Å². The van der Waals surface area contributed by atoms with Gasteiger partial charge in [0.05, 0.1) is 7.11 Å². The predicted molar refractivity (Wildman–Crippen MR) is 70.0 cm³/mol. The fraction of sp³-hybridized carbons (Fsp3) is 0.200. The second-order valence-corrected chi connectivity index (χ2v) is 4.21.